The Morgan fingerprint density at radius 1 is 1.28 bits per heavy atom. The van der Waals surface area contributed by atoms with E-state index in [0.29, 0.717) is 30.1 Å². The first-order valence-electron chi connectivity index (χ1n) is 10.7. The van der Waals surface area contributed by atoms with Crippen molar-refractivity contribution in [3.63, 3.8) is 0 Å². The van der Waals surface area contributed by atoms with E-state index in [9.17, 15) is 9.59 Å². The third-order valence-corrected chi connectivity index (χ3v) is 5.74. The Hall–Kier alpha value is -3.39. The van der Waals surface area contributed by atoms with Crippen LogP contribution in [0.3, 0.4) is 0 Å². The number of rotatable bonds is 8. The Bertz CT molecular complexity index is 1110. The first-order valence-corrected chi connectivity index (χ1v) is 10.7. The first-order chi connectivity index (χ1) is 15.3. The molecule has 3 aromatic rings. The second-order valence-electron chi connectivity index (χ2n) is 8.82. The summed E-state index contributed by atoms with van der Waals surface area (Å²) in [5, 5.41) is 10.0. The summed E-state index contributed by atoms with van der Waals surface area (Å²) in [4.78, 5) is 25.2. The average Bonchev–Trinajstić information content (AvgIpc) is 3.49. The molecule has 4 rings (SSSR count). The number of benzene rings is 1. The van der Waals surface area contributed by atoms with E-state index >= 15 is 0 Å². The van der Waals surface area contributed by atoms with E-state index in [1.54, 1.807) is 19.3 Å². The lowest BCUT2D eigenvalue weighted by Crippen LogP contribution is -2.56. The minimum Gasteiger partial charge on any atom is -0.467 e. The molecular weight excluding hydrogens is 408 g/mol. The molecule has 8 nitrogen and oxygen atoms in total. The number of fused-ring (bicyclic) bond motifs is 1. The van der Waals surface area contributed by atoms with Crippen LogP contribution in [0.1, 0.15) is 51.2 Å². The number of hydrogen-bond acceptors (Lipinski definition) is 6. The Morgan fingerprint density at radius 3 is 2.72 bits per heavy atom. The van der Waals surface area contributed by atoms with Crippen LogP contribution in [-0.4, -0.2) is 34.6 Å². The molecule has 0 fully saturated rings. The molecule has 3 heterocycles. The summed E-state index contributed by atoms with van der Waals surface area (Å²) in [6, 6.07) is 12.8. The zero-order valence-electron chi connectivity index (χ0n) is 18.5. The minimum atomic E-state index is -0.991. The second kappa shape index (κ2) is 8.63. The maximum absolute atomic E-state index is 13.2. The molecule has 3 N–H and O–H groups in total. The average molecular weight is 437 g/mol. The van der Waals surface area contributed by atoms with Gasteiger partial charge in [0.05, 0.1) is 18.3 Å². The molecule has 0 spiro atoms. The predicted molar refractivity (Wildman–Crippen MR) is 121 cm³/mol. The SMILES string of the molecule is CC(C)CC(C)(NCC(=O)N1N=C(c2cc3ccccc3o2)CC1c1ccco1)C(N)=O. The maximum Gasteiger partial charge on any atom is 0.257 e. The third kappa shape index (κ3) is 4.31. The number of nitrogens with two attached hydrogens (primary N) is 1. The number of nitrogens with one attached hydrogen (secondary N) is 1. The summed E-state index contributed by atoms with van der Waals surface area (Å²) in [6.45, 7) is 5.64. The zero-order chi connectivity index (χ0) is 22.9. The number of para-hydroxylation sites is 1. The van der Waals surface area contributed by atoms with Crippen molar-refractivity contribution in [1.29, 1.82) is 0 Å². The van der Waals surface area contributed by atoms with Crippen LogP contribution in [0.15, 0.2) is 62.7 Å². The van der Waals surface area contributed by atoms with Gasteiger partial charge in [-0.15, -0.1) is 0 Å². The van der Waals surface area contributed by atoms with E-state index < -0.39 is 17.5 Å². The molecule has 2 amide bonds. The maximum atomic E-state index is 13.2. The van der Waals surface area contributed by atoms with Crippen molar-refractivity contribution in [3.8, 4) is 0 Å². The van der Waals surface area contributed by atoms with Crippen molar-refractivity contribution >= 4 is 28.5 Å². The molecule has 1 aromatic carbocycles. The van der Waals surface area contributed by atoms with Gasteiger partial charge in [0.25, 0.3) is 5.91 Å². The van der Waals surface area contributed by atoms with Gasteiger partial charge in [0.15, 0.2) is 5.76 Å². The molecule has 2 unspecified atom stereocenters. The van der Waals surface area contributed by atoms with Crippen molar-refractivity contribution in [2.75, 3.05) is 6.54 Å². The fourth-order valence-electron chi connectivity index (χ4n) is 4.14. The van der Waals surface area contributed by atoms with E-state index in [1.165, 1.54) is 5.01 Å². The molecule has 8 heteroatoms. The molecule has 32 heavy (non-hydrogen) atoms. The van der Waals surface area contributed by atoms with Crippen LogP contribution in [0.2, 0.25) is 0 Å². The lowest BCUT2D eigenvalue weighted by Gasteiger charge is -2.30. The highest BCUT2D eigenvalue weighted by molar-refractivity contribution is 6.03. The van der Waals surface area contributed by atoms with Gasteiger partial charge in [-0.1, -0.05) is 32.0 Å². The molecule has 2 aromatic heterocycles. The molecule has 0 aliphatic carbocycles. The molecule has 0 bridgehead atoms. The van der Waals surface area contributed by atoms with Crippen molar-refractivity contribution in [3.05, 3.63) is 60.2 Å². The van der Waals surface area contributed by atoms with Crippen molar-refractivity contribution < 1.29 is 18.4 Å². The number of hydrazone groups is 1. The van der Waals surface area contributed by atoms with Crippen molar-refractivity contribution in [2.24, 2.45) is 16.8 Å². The number of amides is 2. The van der Waals surface area contributed by atoms with Gasteiger partial charge in [-0.05, 0) is 43.5 Å². The number of carbonyl (C=O) groups is 2. The van der Waals surface area contributed by atoms with Gasteiger partial charge in [-0.2, -0.15) is 5.10 Å². The van der Waals surface area contributed by atoms with Gasteiger partial charge in [-0.3, -0.25) is 14.9 Å². The van der Waals surface area contributed by atoms with Crippen LogP contribution < -0.4 is 11.1 Å². The Labute approximate surface area is 186 Å². The van der Waals surface area contributed by atoms with E-state index in [4.69, 9.17) is 14.6 Å². The van der Waals surface area contributed by atoms with Gasteiger partial charge < -0.3 is 14.6 Å². The number of nitrogens with zero attached hydrogens (tertiary/aromatic N) is 2. The summed E-state index contributed by atoms with van der Waals surface area (Å²) in [5.74, 6) is 0.708. The minimum absolute atomic E-state index is 0.0831. The monoisotopic (exact) mass is 436 g/mol. The summed E-state index contributed by atoms with van der Waals surface area (Å²) in [5.41, 5.74) is 6.05. The summed E-state index contributed by atoms with van der Waals surface area (Å²) in [6.07, 6.45) is 2.55. The highest BCUT2D eigenvalue weighted by Crippen LogP contribution is 2.34. The van der Waals surface area contributed by atoms with Crippen LogP contribution in [0.25, 0.3) is 11.0 Å². The fourth-order valence-corrected chi connectivity index (χ4v) is 4.14. The highest BCUT2D eigenvalue weighted by Gasteiger charge is 2.38. The van der Waals surface area contributed by atoms with E-state index in [1.807, 2.05) is 50.2 Å². The summed E-state index contributed by atoms with van der Waals surface area (Å²) in [7, 11) is 0. The number of primary amides is 1. The molecular formula is C24H28N4O4. The largest absolute Gasteiger partial charge is 0.467 e. The molecule has 2 atom stereocenters. The second-order valence-corrected chi connectivity index (χ2v) is 8.82. The number of hydrogen-bond donors (Lipinski definition) is 2. The molecule has 0 radical (unpaired) electrons. The fraction of sp³-hybridized carbons (Fsp3) is 0.375. The number of carbonyl (C=O) groups excluding carboxylic acids is 2. The van der Waals surface area contributed by atoms with Crippen LogP contribution in [0, 0.1) is 5.92 Å². The summed E-state index contributed by atoms with van der Waals surface area (Å²) >= 11 is 0. The molecule has 0 saturated carbocycles. The lowest BCUT2D eigenvalue weighted by molar-refractivity contribution is -0.133. The molecule has 0 saturated heterocycles. The van der Waals surface area contributed by atoms with E-state index in [0.717, 1.165) is 11.0 Å². The summed E-state index contributed by atoms with van der Waals surface area (Å²) < 4.78 is 11.5. The quantitative estimate of drug-likeness (QED) is 0.560. The predicted octanol–water partition coefficient (Wildman–Crippen LogP) is 3.58. The van der Waals surface area contributed by atoms with Crippen LogP contribution >= 0.6 is 0 Å². The third-order valence-electron chi connectivity index (χ3n) is 5.74. The first kappa shape index (κ1) is 21.8. The van der Waals surface area contributed by atoms with Gasteiger partial charge in [0.1, 0.15) is 23.1 Å². The Balaban J connectivity index is 1.58. The Kier molecular flexibility index (Phi) is 5.88. The number of furan rings is 2. The van der Waals surface area contributed by atoms with Gasteiger partial charge in [0, 0.05) is 11.8 Å². The molecule has 168 valence electrons. The lowest BCUT2D eigenvalue weighted by atomic mass is 9.90. The topological polar surface area (TPSA) is 114 Å². The Morgan fingerprint density at radius 2 is 2.06 bits per heavy atom. The molecule has 1 aliphatic heterocycles. The normalized spacial score (nSPS) is 18.2. The molecule has 1 aliphatic rings. The van der Waals surface area contributed by atoms with Crippen molar-refractivity contribution in [2.45, 2.75) is 45.2 Å². The van der Waals surface area contributed by atoms with E-state index in [2.05, 4.69) is 10.4 Å². The van der Waals surface area contributed by atoms with Gasteiger partial charge >= 0.3 is 0 Å². The van der Waals surface area contributed by atoms with Gasteiger partial charge in [-0.25, -0.2) is 5.01 Å². The zero-order valence-corrected chi connectivity index (χ0v) is 18.5. The van der Waals surface area contributed by atoms with Crippen LogP contribution in [-0.2, 0) is 9.59 Å². The highest BCUT2D eigenvalue weighted by atomic mass is 16.3. The van der Waals surface area contributed by atoms with Crippen LogP contribution in [0.4, 0.5) is 0 Å². The van der Waals surface area contributed by atoms with Gasteiger partial charge in [0.2, 0.25) is 5.91 Å². The smallest absolute Gasteiger partial charge is 0.257 e. The standard InChI is InChI=1S/C24H28N4O4/c1-15(2)13-24(3,23(25)30)26-14-22(29)28-18(20-9-6-10-31-20)12-17(27-28)21-11-16-7-4-5-8-19(16)32-21/h4-11,15,18,26H,12-14H2,1-3H3,(H2,25,30). The van der Waals surface area contributed by atoms with Crippen molar-refractivity contribution in [1.82, 2.24) is 10.3 Å². The van der Waals surface area contributed by atoms with Crippen LogP contribution in [0.5, 0.6) is 0 Å². The van der Waals surface area contributed by atoms with E-state index in [-0.39, 0.29) is 18.4 Å².